The number of aryl methyl sites for hydroxylation is 1. The van der Waals surface area contributed by atoms with Crippen LogP contribution in [0.1, 0.15) is 0 Å². The molecular weight excluding hydrogens is 269 g/mol. The molecule has 3 rings (SSSR count). The van der Waals surface area contributed by atoms with Crippen molar-refractivity contribution in [2.24, 2.45) is 7.05 Å². The van der Waals surface area contributed by atoms with Crippen LogP contribution in [-0.4, -0.2) is 19.5 Å². The molecule has 0 unspecified atom stereocenters. The lowest BCUT2D eigenvalue weighted by atomic mass is 10.3. The third-order valence-corrected chi connectivity index (χ3v) is 2.81. The molecule has 2 heterocycles. The largest absolute Gasteiger partial charge is 0.338 e. The molecule has 0 fully saturated rings. The van der Waals surface area contributed by atoms with Crippen LogP contribution < -0.4 is 5.32 Å². The first-order chi connectivity index (χ1) is 9.13. The van der Waals surface area contributed by atoms with Gasteiger partial charge in [-0.3, -0.25) is 0 Å². The molecule has 0 bridgehead atoms. The van der Waals surface area contributed by atoms with Crippen molar-refractivity contribution in [1.82, 2.24) is 19.5 Å². The van der Waals surface area contributed by atoms with Gasteiger partial charge < -0.3 is 9.88 Å². The molecule has 0 atom stereocenters. The molecule has 0 aliphatic carbocycles. The first-order valence-electron chi connectivity index (χ1n) is 5.50. The van der Waals surface area contributed by atoms with Crippen LogP contribution in [0.5, 0.6) is 0 Å². The van der Waals surface area contributed by atoms with Gasteiger partial charge in [-0.1, -0.05) is 0 Å². The highest BCUT2D eigenvalue weighted by atomic mass is 35.5. The average molecular weight is 278 g/mol. The summed E-state index contributed by atoms with van der Waals surface area (Å²) in [5.74, 6) is 0.191. The molecule has 0 aliphatic heterocycles. The highest BCUT2D eigenvalue weighted by Crippen LogP contribution is 2.23. The van der Waals surface area contributed by atoms with Crippen molar-refractivity contribution in [2.45, 2.75) is 0 Å². The Morgan fingerprint density at radius 2 is 1.95 bits per heavy atom. The molecular formula is C12H9ClFN5. The van der Waals surface area contributed by atoms with Gasteiger partial charge >= 0.3 is 0 Å². The quantitative estimate of drug-likeness (QED) is 0.732. The number of aromatic nitrogens is 4. The van der Waals surface area contributed by atoms with Gasteiger partial charge in [-0.2, -0.15) is 9.97 Å². The number of imidazole rings is 1. The van der Waals surface area contributed by atoms with E-state index in [1.165, 1.54) is 12.1 Å². The number of nitrogens with one attached hydrogen (secondary N) is 1. The Kier molecular flexibility index (Phi) is 2.79. The van der Waals surface area contributed by atoms with Gasteiger partial charge in [0.15, 0.2) is 17.0 Å². The zero-order valence-corrected chi connectivity index (χ0v) is 10.7. The van der Waals surface area contributed by atoms with E-state index in [1.807, 2.05) is 7.05 Å². The molecule has 0 radical (unpaired) electrons. The number of hydrogen-bond acceptors (Lipinski definition) is 4. The van der Waals surface area contributed by atoms with Gasteiger partial charge in [0, 0.05) is 12.7 Å². The van der Waals surface area contributed by atoms with Gasteiger partial charge in [-0.05, 0) is 35.9 Å². The summed E-state index contributed by atoms with van der Waals surface area (Å²) in [6, 6.07) is 5.95. The molecule has 0 aliphatic rings. The van der Waals surface area contributed by atoms with Gasteiger partial charge in [0.2, 0.25) is 5.28 Å². The van der Waals surface area contributed by atoms with Crippen molar-refractivity contribution in [1.29, 1.82) is 0 Å². The SMILES string of the molecule is Cn1cnc2c(Nc3ccc(F)cc3)nc(Cl)nc21. The number of halogens is 2. The van der Waals surface area contributed by atoms with E-state index < -0.39 is 0 Å². The number of benzene rings is 1. The standard InChI is InChI=1S/C12H9ClFN5/c1-19-6-15-9-10(17-12(13)18-11(9)19)16-8-4-2-7(14)3-5-8/h2-6H,1H3,(H,16,17,18). The van der Waals surface area contributed by atoms with E-state index in [0.717, 1.165) is 0 Å². The number of nitrogens with zero attached hydrogens (tertiary/aromatic N) is 4. The summed E-state index contributed by atoms with van der Waals surface area (Å²) in [6.45, 7) is 0. The van der Waals surface area contributed by atoms with Crippen LogP contribution in [-0.2, 0) is 7.05 Å². The van der Waals surface area contributed by atoms with Crippen LogP contribution in [0.2, 0.25) is 5.28 Å². The summed E-state index contributed by atoms with van der Waals surface area (Å²) >= 11 is 5.88. The maximum Gasteiger partial charge on any atom is 0.226 e. The van der Waals surface area contributed by atoms with Crippen molar-refractivity contribution < 1.29 is 4.39 Å². The maximum absolute atomic E-state index is 12.9. The highest BCUT2D eigenvalue weighted by Gasteiger charge is 2.11. The number of hydrogen-bond donors (Lipinski definition) is 1. The Bertz CT molecular complexity index is 738. The smallest absolute Gasteiger partial charge is 0.226 e. The minimum Gasteiger partial charge on any atom is -0.338 e. The summed E-state index contributed by atoms with van der Waals surface area (Å²) in [4.78, 5) is 12.4. The second kappa shape index (κ2) is 4.47. The Labute approximate surface area is 113 Å². The van der Waals surface area contributed by atoms with Crippen LogP contribution in [0.15, 0.2) is 30.6 Å². The molecule has 1 aromatic carbocycles. The Morgan fingerprint density at radius 3 is 2.68 bits per heavy atom. The van der Waals surface area contributed by atoms with E-state index in [2.05, 4.69) is 20.3 Å². The van der Waals surface area contributed by atoms with Crippen molar-refractivity contribution in [3.8, 4) is 0 Å². The Hall–Kier alpha value is -2.21. The van der Waals surface area contributed by atoms with Crippen LogP contribution in [0.3, 0.4) is 0 Å². The van der Waals surface area contributed by atoms with Crippen LogP contribution >= 0.6 is 11.6 Å². The topological polar surface area (TPSA) is 55.6 Å². The summed E-state index contributed by atoms with van der Waals surface area (Å²) in [5.41, 5.74) is 1.93. The molecule has 2 aromatic heterocycles. The summed E-state index contributed by atoms with van der Waals surface area (Å²) in [7, 11) is 1.82. The Morgan fingerprint density at radius 1 is 1.21 bits per heavy atom. The normalized spacial score (nSPS) is 10.9. The fourth-order valence-corrected chi connectivity index (χ4v) is 1.90. The van der Waals surface area contributed by atoms with Crippen LogP contribution in [0.25, 0.3) is 11.2 Å². The molecule has 0 spiro atoms. The summed E-state index contributed by atoms with van der Waals surface area (Å²) in [5, 5.41) is 3.18. The van der Waals surface area contributed by atoms with E-state index in [1.54, 1.807) is 23.0 Å². The molecule has 5 nitrogen and oxygen atoms in total. The second-order valence-electron chi connectivity index (χ2n) is 4.00. The predicted molar refractivity (Wildman–Crippen MR) is 71.0 cm³/mol. The predicted octanol–water partition coefficient (Wildman–Crippen LogP) is 2.90. The molecule has 0 saturated carbocycles. The fraction of sp³-hybridized carbons (Fsp3) is 0.0833. The van der Waals surface area contributed by atoms with Gasteiger partial charge in [0.25, 0.3) is 0 Å². The molecule has 0 amide bonds. The second-order valence-corrected chi connectivity index (χ2v) is 4.34. The maximum atomic E-state index is 12.9. The van der Waals surface area contributed by atoms with Gasteiger partial charge in [-0.15, -0.1) is 0 Å². The average Bonchev–Trinajstić information content (AvgIpc) is 2.74. The fourth-order valence-electron chi connectivity index (χ4n) is 1.74. The monoisotopic (exact) mass is 277 g/mol. The first kappa shape index (κ1) is 11.9. The highest BCUT2D eigenvalue weighted by molar-refractivity contribution is 6.28. The van der Waals surface area contributed by atoms with E-state index in [0.29, 0.717) is 22.7 Å². The zero-order valence-electron chi connectivity index (χ0n) is 9.93. The minimum atomic E-state index is -0.297. The number of rotatable bonds is 2. The van der Waals surface area contributed by atoms with Crippen molar-refractivity contribution >= 4 is 34.3 Å². The molecule has 1 N–H and O–H groups in total. The van der Waals surface area contributed by atoms with Crippen molar-refractivity contribution in [3.05, 3.63) is 41.7 Å². The minimum absolute atomic E-state index is 0.126. The van der Waals surface area contributed by atoms with Gasteiger partial charge in [-0.25, -0.2) is 9.37 Å². The van der Waals surface area contributed by atoms with Crippen LogP contribution in [0.4, 0.5) is 15.9 Å². The molecule has 7 heteroatoms. The molecule has 3 aromatic rings. The van der Waals surface area contributed by atoms with Crippen molar-refractivity contribution in [2.75, 3.05) is 5.32 Å². The van der Waals surface area contributed by atoms with Crippen LogP contribution in [0, 0.1) is 5.82 Å². The summed E-state index contributed by atoms with van der Waals surface area (Å²) < 4.78 is 14.6. The third-order valence-electron chi connectivity index (χ3n) is 2.64. The zero-order chi connectivity index (χ0) is 13.4. The number of anilines is 2. The third kappa shape index (κ3) is 2.22. The summed E-state index contributed by atoms with van der Waals surface area (Å²) in [6.07, 6.45) is 1.63. The van der Waals surface area contributed by atoms with E-state index in [4.69, 9.17) is 11.6 Å². The number of fused-ring (bicyclic) bond motifs is 1. The lowest BCUT2D eigenvalue weighted by Gasteiger charge is -2.06. The van der Waals surface area contributed by atoms with E-state index >= 15 is 0 Å². The Balaban J connectivity index is 2.07. The van der Waals surface area contributed by atoms with E-state index in [-0.39, 0.29) is 11.1 Å². The lowest BCUT2D eigenvalue weighted by Crippen LogP contribution is -1.98. The van der Waals surface area contributed by atoms with Gasteiger partial charge in [0.1, 0.15) is 5.82 Å². The van der Waals surface area contributed by atoms with Crippen molar-refractivity contribution in [3.63, 3.8) is 0 Å². The first-order valence-corrected chi connectivity index (χ1v) is 5.88. The lowest BCUT2D eigenvalue weighted by molar-refractivity contribution is 0.628. The van der Waals surface area contributed by atoms with Gasteiger partial charge in [0.05, 0.1) is 6.33 Å². The molecule has 96 valence electrons. The van der Waals surface area contributed by atoms with E-state index in [9.17, 15) is 4.39 Å². The molecule has 19 heavy (non-hydrogen) atoms. The molecule has 0 saturated heterocycles.